The fourth-order valence-electron chi connectivity index (χ4n) is 2.41. The van der Waals surface area contributed by atoms with E-state index in [1.165, 1.54) is 22.3 Å². The van der Waals surface area contributed by atoms with Crippen molar-refractivity contribution in [3.8, 4) is 0 Å². The number of rotatable bonds is 2. The van der Waals surface area contributed by atoms with Gasteiger partial charge in [0.15, 0.2) is 0 Å². The summed E-state index contributed by atoms with van der Waals surface area (Å²) < 4.78 is 4.32. The number of nitrogens with one attached hydrogen (secondary N) is 1. The molecule has 3 rings (SSSR count). The molecule has 94 valence electrons. The van der Waals surface area contributed by atoms with E-state index in [1.54, 1.807) is 0 Å². The number of aromatic nitrogens is 3. The summed E-state index contributed by atoms with van der Waals surface area (Å²) in [7, 11) is 4.02. The van der Waals surface area contributed by atoms with E-state index in [-0.39, 0.29) is 0 Å². The van der Waals surface area contributed by atoms with Crippen LogP contribution in [0.1, 0.15) is 16.8 Å². The van der Waals surface area contributed by atoms with Crippen molar-refractivity contribution < 1.29 is 0 Å². The molecule has 0 aliphatic rings. The van der Waals surface area contributed by atoms with Gasteiger partial charge in [0.2, 0.25) is 5.78 Å². The van der Waals surface area contributed by atoms with Crippen molar-refractivity contribution in [2.45, 2.75) is 20.4 Å². The molecule has 4 heteroatoms. The minimum absolute atomic E-state index is 0.853. The highest BCUT2D eigenvalue weighted by Gasteiger charge is 2.12. The Morgan fingerprint density at radius 1 is 1.22 bits per heavy atom. The molecule has 1 N–H and O–H groups in total. The van der Waals surface area contributed by atoms with E-state index < -0.39 is 0 Å². The third-order valence-corrected chi connectivity index (χ3v) is 3.65. The maximum atomic E-state index is 4.72. The van der Waals surface area contributed by atoms with Gasteiger partial charge in [0.1, 0.15) is 0 Å². The summed E-state index contributed by atoms with van der Waals surface area (Å²) in [6.07, 6.45) is 2.16. The molecule has 0 bridgehead atoms. The Morgan fingerprint density at radius 2 is 1.94 bits per heavy atom. The first-order valence-electron chi connectivity index (χ1n) is 6.20. The van der Waals surface area contributed by atoms with Crippen molar-refractivity contribution in [1.82, 2.24) is 19.3 Å². The van der Waals surface area contributed by atoms with Gasteiger partial charge in [-0.1, -0.05) is 0 Å². The van der Waals surface area contributed by atoms with Crippen LogP contribution in [0.4, 0.5) is 0 Å². The quantitative estimate of drug-likeness (QED) is 0.747. The van der Waals surface area contributed by atoms with Gasteiger partial charge < -0.3 is 9.88 Å². The number of hydrogen-bond acceptors (Lipinski definition) is 2. The van der Waals surface area contributed by atoms with Crippen LogP contribution in [0.15, 0.2) is 18.3 Å². The molecule has 2 heterocycles. The van der Waals surface area contributed by atoms with Gasteiger partial charge in [-0.2, -0.15) is 0 Å². The second kappa shape index (κ2) is 3.85. The first kappa shape index (κ1) is 11.3. The minimum atomic E-state index is 0.853. The molecular formula is C14H18N4. The van der Waals surface area contributed by atoms with Crippen molar-refractivity contribution in [3.63, 3.8) is 0 Å². The van der Waals surface area contributed by atoms with Crippen LogP contribution in [0.25, 0.3) is 16.8 Å². The van der Waals surface area contributed by atoms with Gasteiger partial charge in [-0.05, 0) is 44.2 Å². The zero-order chi connectivity index (χ0) is 12.9. The normalized spacial score (nSPS) is 11.8. The van der Waals surface area contributed by atoms with Gasteiger partial charge in [-0.25, -0.2) is 4.98 Å². The second-order valence-electron chi connectivity index (χ2n) is 4.92. The Bertz CT molecular complexity index is 733. The van der Waals surface area contributed by atoms with Crippen molar-refractivity contribution in [3.05, 3.63) is 35.2 Å². The Labute approximate surface area is 106 Å². The molecule has 0 fully saturated rings. The minimum Gasteiger partial charge on any atom is -0.316 e. The van der Waals surface area contributed by atoms with Crippen LogP contribution in [-0.4, -0.2) is 21.0 Å². The van der Waals surface area contributed by atoms with Crippen molar-refractivity contribution in [2.24, 2.45) is 7.05 Å². The van der Waals surface area contributed by atoms with Crippen molar-refractivity contribution >= 4 is 16.8 Å². The number of imidazole rings is 2. The fraction of sp³-hybridized carbons (Fsp3) is 0.357. The maximum absolute atomic E-state index is 4.72. The fourth-order valence-corrected chi connectivity index (χ4v) is 2.41. The molecule has 4 nitrogen and oxygen atoms in total. The molecule has 0 atom stereocenters. The zero-order valence-electron chi connectivity index (χ0n) is 11.3. The highest BCUT2D eigenvalue weighted by Crippen LogP contribution is 2.22. The molecule has 18 heavy (non-hydrogen) atoms. The van der Waals surface area contributed by atoms with Crippen molar-refractivity contribution in [2.75, 3.05) is 7.05 Å². The average molecular weight is 242 g/mol. The monoisotopic (exact) mass is 242 g/mol. The van der Waals surface area contributed by atoms with Gasteiger partial charge in [0.25, 0.3) is 0 Å². The lowest BCUT2D eigenvalue weighted by Gasteiger charge is -2.00. The third kappa shape index (κ3) is 1.46. The van der Waals surface area contributed by atoms with Crippen LogP contribution in [0.3, 0.4) is 0 Å². The van der Waals surface area contributed by atoms with Crippen LogP contribution in [0.5, 0.6) is 0 Å². The van der Waals surface area contributed by atoms with Gasteiger partial charge >= 0.3 is 0 Å². The molecule has 0 radical (unpaired) electrons. The molecule has 0 unspecified atom stereocenters. The second-order valence-corrected chi connectivity index (χ2v) is 4.92. The van der Waals surface area contributed by atoms with E-state index in [4.69, 9.17) is 4.98 Å². The molecule has 0 aliphatic carbocycles. The zero-order valence-corrected chi connectivity index (χ0v) is 11.3. The van der Waals surface area contributed by atoms with Crippen LogP contribution >= 0.6 is 0 Å². The molecule has 3 aromatic rings. The number of nitrogens with zero attached hydrogens (tertiary/aromatic N) is 3. The predicted octanol–water partition coefficient (Wildman–Crippen LogP) is 2.16. The molecule has 0 spiro atoms. The number of hydrogen-bond donors (Lipinski definition) is 1. The van der Waals surface area contributed by atoms with E-state index in [9.17, 15) is 0 Å². The van der Waals surface area contributed by atoms with E-state index in [0.717, 1.165) is 17.8 Å². The van der Waals surface area contributed by atoms with E-state index in [0.29, 0.717) is 0 Å². The average Bonchev–Trinajstić information content (AvgIpc) is 2.80. The first-order chi connectivity index (χ1) is 8.61. The molecule has 0 amide bonds. The molecule has 0 saturated heterocycles. The number of aryl methyl sites for hydroxylation is 3. The van der Waals surface area contributed by atoms with E-state index in [2.05, 4.69) is 53.5 Å². The van der Waals surface area contributed by atoms with Gasteiger partial charge in [0.05, 0.1) is 16.7 Å². The van der Waals surface area contributed by atoms with Crippen LogP contribution < -0.4 is 5.32 Å². The highest BCUT2D eigenvalue weighted by molar-refractivity contribution is 5.81. The summed E-state index contributed by atoms with van der Waals surface area (Å²) >= 11 is 0. The summed E-state index contributed by atoms with van der Waals surface area (Å²) in [5, 5.41) is 3.18. The molecule has 0 aliphatic heterocycles. The Morgan fingerprint density at radius 3 is 2.67 bits per heavy atom. The van der Waals surface area contributed by atoms with Crippen molar-refractivity contribution in [1.29, 1.82) is 0 Å². The molecule has 0 saturated carbocycles. The maximum Gasteiger partial charge on any atom is 0.214 e. The Balaban J connectivity index is 2.35. The summed E-state index contributed by atoms with van der Waals surface area (Å²) in [5.41, 5.74) is 6.09. The van der Waals surface area contributed by atoms with E-state index >= 15 is 0 Å². The smallest absolute Gasteiger partial charge is 0.214 e. The molecular weight excluding hydrogens is 224 g/mol. The highest BCUT2D eigenvalue weighted by atomic mass is 15.2. The lowest BCUT2D eigenvalue weighted by Crippen LogP contribution is -2.08. The largest absolute Gasteiger partial charge is 0.316 e. The summed E-state index contributed by atoms with van der Waals surface area (Å²) in [6, 6.07) is 4.38. The van der Waals surface area contributed by atoms with Crippen LogP contribution in [0, 0.1) is 13.8 Å². The summed E-state index contributed by atoms with van der Waals surface area (Å²) in [5.74, 6) is 1.00. The molecule has 1 aromatic carbocycles. The number of fused-ring (bicyclic) bond motifs is 3. The van der Waals surface area contributed by atoms with Gasteiger partial charge in [-0.15, -0.1) is 0 Å². The SMILES string of the molecule is CNCc1cn2c3cc(C)c(C)cc3nc2n1C. The lowest BCUT2D eigenvalue weighted by atomic mass is 10.1. The van der Waals surface area contributed by atoms with Crippen LogP contribution in [0.2, 0.25) is 0 Å². The topological polar surface area (TPSA) is 34.3 Å². The van der Waals surface area contributed by atoms with Crippen LogP contribution in [-0.2, 0) is 13.6 Å². The number of benzene rings is 1. The Kier molecular flexibility index (Phi) is 2.41. The standard InChI is InChI=1S/C14H18N4/c1-9-5-12-13(6-10(9)2)18-8-11(7-15-3)17(4)14(18)16-12/h5-6,8,15H,7H2,1-4H3. The van der Waals surface area contributed by atoms with Gasteiger partial charge in [0, 0.05) is 19.8 Å². The molecule has 2 aromatic heterocycles. The summed E-state index contributed by atoms with van der Waals surface area (Å²) in [6.45, 7) is 5.13. The van der Waals surface area contributed by atoms with Gasteiger partial charge in [-0.3, -0.25) is 4.40 Å². The lowest BCUT2D eigenvalue weighted by molar-refractivity contribution is 0.742. The third-order valence-electron chi connectivity index (χ3n) is 3.65. The first-order valence-corrected chi connectivity index (χ1v) is 6.20. The Hall–Kier alpha value is -1.81. The van der Waals surface area contributed by atoms with E-state index in [1.807, 2.05) is 7.05 Å². The predicted molar refractivity (Wildman–Crippen MR) is 73.9 cm³/mol. The summed E-state index contributed by atoms with van der Waals surface area (Å²) in [4.78, 5) is 4.72.